The van der Waals surface area contributed by atoms with Crippen molar-refractivity contribution in [2.45, 2.75) is 17.1 Å². The van der Waals surface area contributed by atoms with Crippen molar-refractivity contribution < 1.29 is 9.15 Å². The summed E-state index contributed by atoms with van der Waals surface area (Å²) in [7, 11) is 0. The third-order valence-electron chi connectivity index (χ3n) is 4.20. The van der Waals surface area contributed by atoms with Crippen LogP contribution < -0.4 is 5.63 Å². The van der Waals surface area contributed by atoms with Gasteiger partial charge in [0.1, 0.15) is 6.07 Å². The van der Waals surface area contributed by atoms with E-state index in [0.29, 0.717) is 29.6 Å². The maximum atomic E-state index is 11.8. The summed E-state index contributed by atoms with van der Waals surface area (Å²) < 4.78 is 11.0. The molecule has 0 amide bonds. The molecule has 1 unspecified atom stereocenters. The maximum absolute atomic E-state index is 11.8. The lowest BCUT2D eigenvalue weighted by atomic mass is 10.1. The first-order valence-electron chi connectivity index (χ1n) is 9.03. The van der Waals surface area contributed by atoms with Crippen molar-refractivity contribution in [2.24, 2.45) is 0 Å². The number of ether oxygens (including phenoxy) is 1. The molecule has 0 saturated carbocycles. The summed E-state index contributed by atoms with van der Waals surface area (Å²) >= 11 is 3.42. The molecule has 6 heteroatoms. The van der Waals surface area contributed by atoms with Gasteiger partial charge in [-0.15, -0.1) is 11.8 Å². The standard InChI is InChI=1S/C22H21NO3S2/c1-16(17-6-3-2-4-7-17)27-12-10-25-11-13-28-20-14-21(24)26-22-18(15-23)8-5-9-19(20)22/h2-9,14,16H,10-13H2,1H3. The van der Waals surface area contributed by atoms with Crippen molar-refractivity contribution in [1.29, 1.82) is 5.26 Å². The smallest absolute Gasteiger partial charge is 0.337 e. The topological polar surface area (TPSA) is 63.2 Å². The van der Waals surface area contributed by atoms with Gasteiger partial charge in [0.05, 0.1) is 18.8 Å². The number of hydrogen-bond acceptors (Lipinski definition) is 6. The van der Waals surface area contributed by atoms with Crippen LogP contribution in [0.15, 0.2) is 68.7 Å². The lowest BCUT2D eigenvalue weighted by Gasteiger charge is -2.11. The van der Waals surface area contributed by atoms with E-state index in [1.165, 1.54) is 11.6 Å². The molecule has 1 aromatic heterocycles. The molecular formula is C22H21NO3S2. The Bertz CT molecular complexity index is 1010. The van der Waals surface area contributed by atoms with Crippen LogP contribution >= 0.6 is 23.5 Å². The second-order valence-corrected chi connectivity index (χ2v) is 8.69. The molecule has 0 spiro atoms. The average Bonchev–Trinajstić information content (AvgIpc) is 2.72. The summed E-state index contributed by atoms with van der Waals surface area (Å²) in [5.74, 6) is 1.67. The van der Waals surface area contributed by atoms with Gasteiger partial charge in [0.15, 0.2) is 5.58 Å². The van der Waals surface area contributed by atoms with Crippen molar-refractivity contribution in [3.63, 3.8) is 0 Å². The number of nitrogens with zero attached hydrogens (tertiary/aromatic N) is 1. The van der Waals surface area contributed by atoms with Crippen LogP contribution in [0.3, 0.4) is 0 Å². The van der Waals surface area contributed by atoms with E-state index in [1.807, 2.05) is 23.9 Å². The number of benzene rings is 2. The third kappa shape index (κ3) is 5.41. The number of nitriles is 1. The highest BCUT2D eigenvalue weighted by Crippen LogP contribution is 2.29. The molecule has 0 saturated heterocycles. The van der Waals surface area contributed by atoms with E-state index in [2.05, 4.69) is 37.3 Å². The van der Waals surface area contributed by atoms with Gasteiger partial charge in [0.2, 0.25) is 0 Å². The monoisotopic (exact) mass is 411 g/mol. The molecule has 0 radical (unpaired) electrons. The summed E-state index contributed by atoms with van der Waals surface area (Å²) in [6, 6.07) is 19.3. The van der Waals surface area contributed by atoms with E-state index in [4.69, 9.17) is 9.15 Å². The molecule has 1 heterocycles. The van der Waals surface area contributed by atoms with Gasteiger partial charge in [-0.3, -0.25) is 0 Å². The van der Waals surface area contributed by atoms with Crippen LogP contribution in [0.4, 0.5) is 0 Å². The van der Waals surface area contributed by atoms with Gasteiger partial charge in [-0.25, -0.2) is 4.79 Å². The molecule has 28 heavy (non-hydrogen) atoms. The molecule has 3 aromatic rings. The molecule has 0 aliphatic rings. The summed E-state index contributed by atoms with van der Waals surface area (Å²) in [5.41, 5.74) is 1.62. The molecule has 0 fully saturated rings. The zero-order chi connectivity index (χ0) is 19.8. The quantitative estimate of drug-likeness (QED) is 0.272. The van der Waals surface area contributed by atoms with Crippen molar-refractivity contribution in [1.82, 2.24) is 0 Å². The van der Waals surface area contributed by atoms with E-state index in [9.17, 15) is 10.1 Å². The lowest BCUT2D eigenvalue weighted by molar-refractivity contribution is 0.167. The minimum Gasteiger partial charge on any atom is -0.421 e. The van der Waals surface area contributed by atoms with Crippen molar-refractivity contribution >= 4 is 34.5 Å². The summed E-state index contributed by atoms with van der Waals surface area (Å²) in [6.45, 7) is 3.50. The van der Waals surface area contributed by atoms with Crippen LogP contribution in [0.2, 0.25) is 0 Å². The van der Waals surface area contributed by atoms with Crippen molar-refractivity contribution in [3.05, 3.63) is 76.1 Å². The number of fused-ring (bicyclic) bond motifs is 1. The first-order chi connectivity index (χ1) is 13.7. The van der Waals surface area contributed by atoms with Gasteiger partial charge in [0.25, 0.3) is 0 Å². The van der Waals surface area contributed by atoms with E-state index >= 15 is 0 Å². The maximum Gasteiger partial charge on any atom is 0.337 e. The van der Waals surface area contributed by atoms with Gasteiger partial charge < -0.3 is 9.15 Å². The lowest BCUT2D eigenvalue weighted by Crippen LogP contribution is -2.03. The SMILES string of the molecule is CC(SCCOCCSc1cc(=O)oc2c(C#N)cccc12)c1ccccc1. The van der Waals surface area contributed by atoms with Crippen molar-refractivity contribution in [2.75, 3.05) is 24.7 Å². The Kier molecular flexibility index (Phi) is 7.61. The number of para-hydroxylation sites is 1. The Labute approximate surface area is 172 Å². The normalized spacial score (nSPS) is 12.0. The first kappa shape index (κ1) is 20.5. The number of thioether (sulfide) groups is 2. The van der Waals surface area contributed by atoms with Crippen LogP contribution in [0.1, 0.15) is 23.3 Å². The highest BCUT2D eigenvalue weighted by molar-refractivity contribution is 7.99. The van der Waals surface area contributed by atoms with Crippen molar-refractivity contribution in [3.8, 4) is 6.07 Å². The molecule has 0 N–H and O–H groups in total. The minimum atomic E-state index is -0.440. The molecule has 144 valence electrons. The number of rotatable bonds is 9. The Balaban J connectivity index is 1.45. The Morgan fingerprint density at radius 2 is 1.89 bits per heavy atom. The fraction of sp³-hybridized carbons (Fsp3) is 0.273. The Hall–Kier alpha value is -2.20. The molecule has 0 bridgehead atoms. The second kappa shape index (κ2) is 10.4. The molecular weight excluding hydrogens is 390 g/mol. The van der Waals surface area contributed by atoms with E-state index in [0.717, 1.165) is 21.8 Å². The summed E-state index contributed by atoms with van der Waals surface area (Å²) in [6.07, 6.45) is 0. The van der Waals surface area contributed by atoms with E-state index in [1.54, 1.807) is 23.9 Å². The average molecular weight is 412 g/mol. The van der Waals surface area contributed by atoms with Gasteiger partial charge in [-0.1, -0.05) is 42.5 Å². The molecule has 0 aliphatic heterocycles. The predicted molar refractivity (Wildman–Crippen MR) is 116 cm³/mol. The summed E-state index contributed by atoms with van der Waals surface area (Å²) in [5, 5.41) is 10.4. The van der Waals surface area contributed by atoms with Gasteiger partial charge in [-0.2, -0.15) is 17.0 Å². The van der Waals surface area contributed by atoms with E-state index < -0.39 is 5.63 Å². The fourth-order valence-corrected chi connectivity index (χ4v) is 4.61. The molecule has 2 aromatic carbocycles. The highest BCUT2D eigenvalue weighted by Gasteiger charge is 2.10. The van der Waals surface area contributed by atoms with Crippen LogP contribution in [0.5, 0.6) is 0 Å². The third-order valence-corrected chi connectivity index (χ3v) is 6.40. The number of hydrogen-bond donors (Lipinski definition) is 0. The highest BCUT2D eigenvalue weighted by atomic mass is 32.2. The van der Waals surface area contributed by atoms with Gasteiger partial charge in [-0.05, 0) is 18.6 Å². The first-order valence-corrected chi connectivity index (χ1v) is 11.1. The van der Waals surface area contributed by atoms with Crippen LogP contribution in [-0.2, 0) is 4.74 Å². The van der Waals surface area contributed by atoms with Crippen LogP contribution in [0, 0.1) is 11.3 Å². The van der Waals surface area contributed by atoms with Gasteiger partial charge >= 0.3 is 5.63 Å². The zero-order valence-electron chi connectivity index (χ0n) is 15.6. The van der Waals surface area contributed by atoms with Crippen LogP contribution in [0.25, 0.3) is 11.0 Å². The molecule has 0 aliphatic carbocycles. The largest absolute Gasteiger partial charge is 0.421 e. The summed E-state index contributed by atoms with van der Waals surface area (Å²) in [4.78, 5) is 12.6. The van der Waals surface area contributed by atoms with E-state index in [-0.39, 0.29) is 0 Å². The fourth-order valence-electron chi connectivity index (χ4n) is 2.78. The Morgan fingerprint density at radius 1 is 1.11 bits per heavy atom. The molecule has 4 nitrogen and oxygen atoms in total. The second-order valence-electron chi connectivity index (χ2n) is 6.11. The minimum absolute atomic E-state index is 0.354. The zero-order valence-corrected chi connectivity index (χ0v) is 17.2. The molecule has 3 rings (SSSR count). The van der Waals surface area contributed by atoms with Gasteiger partial charge in [0, 0.05) is 33.1 Å². The predicted octanol–water partition coefficient (Wildman–Crippen LogP) is 5.27. The Morgan fingerprint density at radius 3 is 2.68 bits per heavy atom. The van der Waals surface area contributed by atoms with Crippen LogP contribution in [-0.4, -0.2) is 24.7 Å². The molecule has 1 atom stereocenters.